The van der Waals surface area contributed by atoms with Crippen molar-refractivity contribution in [1.29, 1.82) is 0 Å². The van der Waals surface area contributed by atoms with Crippen molar-refractivity contribution in [3.05, 3.63) is 23.9 Å². The summed E-state index contributed by atoms with van der Waals surface area (Å²) in [5, 5.41) is 0.954. The minimum Gasteiger partial charge on any atom is -1.00 e. The highest BCUT2D eigenvalue weighted by molar-refractivity contribution is 5.15. The zero-order chi connectivity index (χ0) is 5.98. The van der Waals surface area contributed by atoms with Crippen LogP contribution in [0.15, 0.2) is 23.9 Å². The van der Waals surface area contributed by atoms with Gasteiger partial charge < -0.3 is 24.0 Å². The fraction of sp³-hybridized carbons (Fsp3) is 0.333. The van der Waals surface area contributed by atoms with E-state index in [0.717, 1.165) is 11.6 Å². The Labute approximate surface area is 72.4 Å². The second kappa shape index (κ2) is 4.03. The number of quaternary nitrogens is 1. The molecule has 3 N–H and O–H groups in total. The number of allylic oxidation sites excluding steroid dienone is 2. The molecule has 0 fully saturated rings. The van der Waals surface area contributed by atoms with Crippen LogP contribution in [0, 0.1) is 0 Å². The quantitative estimate of drug-likeness (QED) is 0.329. The first-order chi connectivity index (χ1) is 3.79. The summed E-state index contributed by atoms with van der Waals surface area (Å²) in [5.41, 5.74) is 1.30. The highest BCUT2D eigenvalue weighted by Crippen LogP contribution is 1.92. The topological polar surface area (TPSA) is 30.5 Å². The van der Waals surface area contributed by atoms with E-state index in [1.807, 2.05) is 12.3 Å². The molecule has 0 radical (unpaired) electrons. The highest BCUT2D eigenvalue weighted by atomic mass is 127. The maximum Gasteiger partial charge on any atom is 0.118 e. The smallest absolute Gasteiger partial charge is 0.118 e. The van der Waals surface area contributed by atoms with Gasteiger partial charge in [-0.1, -0.05) is 0 Å². The minimum atomic E-state index is 0. The fourth-order valence-electron chi connectivity index (χ4n) is 0.653. The lowest BCUT2D eigenvalue weighted by atomic mass is 10.2. The molecule has 0 aliphatic carbocycles. The third kappa shape index (κ3) is 2.98. The van der Waals surface area contributed by atoms with Gasteiger partial charge in [-0.25, -0.2) is 5.01 Å². The molecule has 1 heterocycles. The summed E-state index contributed by atoms with van der Waals surface area (Å²) in [6.45, 7) is 2.99. The second-order valence-electron chi connectivity index (χ2n) is 2.06. The third-order valence-corrected chi connectivity index (χ3v) is 1.22. The van der Waals surface area contributed by atoms with Gasteiger partial charge in [-0.05, 0) is 24.6 Å². The van der Waals surface area contributed by atoms with Crippen molar-refractivity contribution in [2.24, 2.45) is 5.84 Å². The minimum absolute atomic E-state index is 0. The van der Waals surface area contributed by atoms with Gasteiger partial charge >= 0.3 is 0 Å². The molecule has 9 heavy (non-hydrogen) atoms. The molecule has 0 aromatic rings. The van der Waals surface area contributed by atoms with Crippen LogP contribution in [0.25, 0.3) is 0 Å². The first kappa shape index (κ1) is 9.13. The Balaban J connectivity index is 0.000000640. The molecular formula is C6H11IN2. The Morgan fingerprint density at radius 3 is 2.67 bits per heavy atom. The number of rotatable bonds is 0. The van der Waals surface area contributed by atoms with E-state index in [-0.39, 0.29) is 24.0 Å². The van der Waals surface area contributed by atoms with Crippen molar-refractivity contribution < 1.29 is 29.0 Å². The standard InChI is InChI=1S/C6H10N2.HI/c1-6-2-4-8(7)5-3-6;/h2-4H,5,7H2,1H3;1H. The van der Waals surface area contributed by atoms with Crippen molar-refractivity contribution >= 4 is 0 Å². The van der Waals surface area contributed by atoms with Crippen LogP contribution in [0.3, 0.4) is 0 Å². The van der Waals surface area contributed by atoms with Gasteiger partial charge in [-0.15, -0.1) is 0 Å². The van der Waals surface area contributed by atoms with Gasteiger partial charge in [0.2, 0.25) is 0 Å². The molecule has 1 unspecified atom stereocenters. The molecule has 3 heteroatoms. The lowest BCUT2D eigenvalue weighted by molar-refractivity contribution is -0.854. The maximum absolute atomic E-state index is 5.48. The van der Waals surface area contributed by atoms with E-state index in [4.69, 9.17) is 5.84 Å². The van der Waals surface area contributed by atoms with Crippen LogP contribution in [-0.2, 0) is 0 Å². The fourth-order valence-corrected chi connectivity index (χ4v) is 0.653. The molecule has 52 valence electrons. The van der Waals surface area contributed by atoms with Crippen LogP contribution in [0.5, 0.6) is 0 Å². The first-order valence-corrected chi connectivity index (χ1v) is 2.75. The van der Waals surface area contributed by atoms with E-state index in [0.29, 0.717) is 0 Å². The molecule has 0 saturated heterocycles. The van der Waals surface area contributed by atoms with E-state index in [1.54, 1.807) is 0 Å². The largest absolute Gasteiger partial charge is 1.00 e. The van der Waals surface area contributed by atoms with Gasteiger partial charge in [-0.2, -0.15) is 5.84 Å². The zero-order valence-corrected chi connectivity index (χ0v) is 7.55. The lowest BCUT2D eigenvalue weighted by Gasteiger charge is -2.07. The number of halogens is 1. The van der Waals surface area contributed by atoms with Gasteiger partial charge in [0.15, 0.2) is 0 Å². The van der Waals surface area contributed by atoms with Gasteiger partial charge in [-0.3, -0.25) is 0 Å². The Morgan fingerprint density at radius 2 is 2.33 bits per heavy atom. The maximum atomic E-state index is 5.48. The van der Waals surface area contributed by atoms with Crippen LogP contribution < -0.4 is 34.8 Å². The summed E-state index contributed by atoms with van der Waals surface area (Å²) >= 11 is 0. The van der Waals surface area contributed by atoms with Crippen LogP contribution in [0.1, 0.15) is 6.92 Å². The SMILES string of the molecule is CC1=CC[NH+](N)C=C1.[I-]. The average molecular weight is 238 g/mol. The van der Waals surface area contributed by atoms with Crippen LogP contribution >= 0.6 is 0 Å². The van der Waals surface area contributed by atoms with Crippen molar-refractivity contribution in [3.63, 3.8) is 0 Å². The van der Waals surface area contributed by atoms with E-state index in [9.17, 15) is 0 Å². The van der Waals surface area contributed by atoms with E-state index < -0.39 is 0 Å². The summed E-state index contributed by atoms with van der Waals surface area (Å²) in [6, 6.07) is 0. The predicted octanol–water partition coefficient (Wildman–Crippen LogP) is -3.78. The van der Waals surface area contributed by atoms with Gasteiger partial charge in [0, 0.05) is 0 Å². The molecule has 0 saturated carbocycles. The molecule has 1 rings (SSSR count). The molecule has 0 spiro atoms. The molecule has 1 aliphatic rings. The monoisotopic (exact) mass is 238 g/mol. The van der Waals surface area contributed by atoms with Crippen molar-refractivity contribution in [3.8, 4) is 0 Å². The number of nitrogens with two attached hydrogens (primary N) is 1. The third-order valence-electron chi connectivity index (χ3n) is 1.22. The summed E-state index contributed by atoms with van der Waals surface area (Å²) in [7, 11) is 0. The molecule has 0 aromatic heterocycles. The molecular weight excluding hydrogens is 227 g/mol. The molecule has 0 bridgehead atoms. The van der Waals surface area contributed by atoms with E-state index in [2.05, 4.69) is 13.0 Å². The highest BCUT2D eigenvalue weighted by Gasteiger charge is 1.98. The van der Waals surface area contributed by atoms with Crippen molar-refractivity contribution in [1.82, 2.24) is 0 Å². The summed E-state index contributed by atoms with van der Waals surface area (Å²) < 4.78 is 0. The summed E-state index contributed by atoms with van der Waals surface area (Å²) in [5.74, 6) is 5.48. The predicted molar refractivity (Wildman–Crippen MR) is 32.9 cm³/mol. The summed E-state index contributed by atoms with van der Waals surface area (Å²) in [4.78, 5) is 0. The molecule has 2 nitrogen and oxygen atoms in total. The summed E-state index contributed by atoms with van der Waals surface area (Å²) in [6.07, 6.45) is 6.10. The number of hydrogen-bond donors (Lipinski definition) is 2. The molecule has 1 aliphatic heterocycles. The van der Waals surface area contributed by atoms with Crippen LogP contribution in [0.4, 0.5) is 0 Å². The molecule has 0 aromatic carbocycles. The normalized spacial score (nSPS) is 24.7. The Kier molecular flexibility index (Phi) is 4.09. The zero-order valence-electron chi connectivity index (χ0n) is 5.39. The number of hydrogen-bond acceptors (Lipinski definition) is 1. The van der Waals surface area contributed by atoms with Crippen molar-refractivity contribution in [2.45, 2.75) is 6.92 Å². The van der Waals surface area contributed by atoms with Crippen molar-refractivity contribution in [2.75, 3.05) is 6.54 Å². The Hall–Kier alpha value is 0.130. The first-order valence-electron chi connectivity index (χ1n) is 2.75. The number of nitrogens with one attached hydrogen (secondary N) is 1. The van der Waals surface area contributed by atoms with Gasteiger partial charge in [0.05, 0.1) is 0 Å². The van der Waals surface area contributed by atoms with Gasteiger partial charge in [0.1, 0.15) is 12.7 Å². The van der Waals surface area contributed by atoms with Gasteiger partial charge in [0.25, 0.3) is 0 Å². The van der Waals surface area contributed by atoms with Crippen LogP contribution in [0.2, 0.25) is 0 Å². The van der Waals surface area contributed by atoms with E-state index >= 15 is 0 Å². The Morgan fingerprint density at radius 1 is 1.67 bits per heavy atom. The molecule has 0 amide bonds. The second-order valence-corrected chi connectivity index (χ2v) is 2.06. The average Bonchev–Trinajstić information content (AvgIpc) is 1.77. The lowest BCUT2D eigenvalue weighted by Crippen LogP contribution is -3.13. The van der Waals surface area contributed by atoms with E-state index in [1.165, 1.54) is 5.57 Å². The molecule has 1 atom stereocenters. The Bertz CT molecular complexity index is 140. The van der Waals surface area contributed by atoms with Crippen LogP contribution in [-0.4, -0.2) is 6.54 Å².